The number of nitrogens with zero attached hydrogens (tertiary/aromatic N) is 2. The monoisotopic (exact) mass is 415 g/mol. The fourth-order valence-corrected chi connectivity index (χ4v) is 5.95. The molecule has 0 saturated carbocycles. The van der Waals surface area contributed by atoms with Gasteiger partial charge in [-0.1, -0.05) is 35.9 Å². The van der Waals surface area contributed by atoms with Crippen molar-refractivity contribution in [3.63, 3.8) is 0 Å². The van der Waals surface area contributed by atoms with E-state index in [0.717, 1.165) is 11.3 Å². The molecule has 1 unspecified atom stereocenters. The number of para-hydroxylation sites is 1. The zero-order valence-electron chi connectivity index (χ0n) is 16.0. The molecular formula is C21H22ClN3O2S. The van der Waals surface area contributed by atoms with Gasteiger partial charge in [0.15, 0.2) is 4.87 Å². The van der Waals surface area contributed by atoms with E-state index in [4.69, 9.17) is 11.6 Å². The number of thioether (sulfide) groups is 1. The van der Waals surface area contributed by atoms with E-state index in [1.165, 1.54) is 0 Å². The summed E-state index contributed by atoms with van der Waals surface area (Å²) in [7, 11) is 0. The van der Waals surface area contributed by atoms with Gasteiger partial charge in [-0.05, 0) is 45.0 Å². The maximum atomic E-state index is 13.6. The van der Waals surface area contributed by atoms with Crippen LogP contribution in [0.2, 0.25) is 5.02 Å². The molecule has 5 nitrogen and oxygen atoms in total. The Morgan fingerprint density at radius 2 is 1.96 bits per heavy atom. The van der Waals surface area contributed by atoms with E-state index in [1.807, 2.05) is 31.2 Å². The highest BCUT2D eigenvalue weighted by molar-refractivity contribution is 8.02. The summed E-state index contributed by atoms with van der Waals surface area (Å²) in [5.41, 5.74) is 2.35. The van der Waals surface area contributed by atoms with E-state index in [-0.39, 0.29) is 16.7 Å². The van der Waals surface area contributed by atoms with Crippen molar-refractivity contribution in [2.45, 2.75) is 30.4 Å². The fraction of sp³-hybridized carbons (Fsp3) is 0.333. The lowest BCUT2D eigenvalue weighted by Crippen LogP contribution is -2.51. The molecule has 3 amide bonds. The normalized spacial score (nSPS) is 22.6. The molecule has 146 valence electrons. The highest BCUT2D eigenvalue weighted by Gasteiger charge is 2.63. The lowest BCUT2D eigenvalue weighted by molar-refractivity contribution is -0.123. The SMILES string of the molecule is CCN1C(=O)C2(SC(C)(C)CN2C(=O)Nc2cccc(Cl)c2)c2ccccc21. The van der Waals surface area contributed by atoms with Gasteiger partial charge in [-0.3, -0.25) is 9.69 Å². The zero-order chi connectivity index (χ0) is 20.1. The minimum Gasteiger partial charge on any atom is -0.309 e. The lowest BCUT2D eigenvalue weighted by Gasteiger charge is -2.33. The lowest BCUT2D eigenvalue weighted by atomic mass is 10.1. The first kappa shape index (κ1) is 19.2. The van der Waals surface area contributed by atoms with Crippen molar-refractivity contribution in [3.05, 3.63) is 59.1 Å². The van der Waals surface area contributed by atoms with Crippen molar-refractivity contribution in [3.8, 4) is 0 Å². The average Bonchev–Trinajstić information content (AvgIpc) is 3.07. The van der Waals surface area contributed by atoms with E-state index in [1.54, 1.807) is 45.8 Å². The summed E-state index contributed by atoms with van der Waals surface area (Å²) in [6, 6.07) is 14.5. The summed E-state index contributed by atoms with van der Waals surface area (Å²) in [6.45, 7) is 7.10. The van der Waals surface area contributed by atoms with Crippen LogP contribution in [0.3, 0.4) is 0 Å². The Morgan fingerprint density at radius 3 is 2.68 bits per heavy atom. The van der Waals surface area contributed by atoms with Crippen LogP contribution in [-0.2, 0) is 9.67 Å². The summed E-state index contributed by atoms with van der Waals surface area (Å²) in [5.74, 6) is -0.0620. The van der Waals surface area contributed by atoms with Gasteiger partial charge in [-0.15, -0.1) is 11.8 Å². The van der Waals surface area contributed by atoms with Gasteiger partial charge in [0.1, 0.15) is 0 Å². The van der Waals surface area contributed by atoms with E-state index < -0.39 is 4.87 Å². The third-order valence-electron chi connectivity index (χ3n) is 5.08. The van der Waals surface area contributed by atoms with Crippen LogP contribution in [0.1, 0.15) is 26.3 Å². The second kappa shape index (κ2) is 6.71. The van der Waals surface area contributed by atoms with Gasteiger partial charge in [0, 0.05) is 34.1 Å². The molecule has 0 bridgehead atoms. The number of carbonyl (C=O) groups is 2. The molecular weight excluding hydrogens is 394 g/mol. The van der Waals surface area contributed by atoms with Gasteiger partial charge < -0.3 is 10.2 Å². The number of rotatable bonds is 2. The topological polar surface area (TPSA) is 52.7 Å². The van der Waals surface area contributed by atoms with Gasteiger partial charge >= 0.3 is 6.03 Å². The van der Waals surface area contributed by atoms with Gasteiger partial charge in [-0.25, -0.2) is 4.79 Å². The number of likely N-dealkylation sites (N-methyl/N-ethyl adjacent to an activating group) is 1. The Hall–Kier alpha value is -2.18. The molecule has 0 aliphatic carbocycles. The first-order valence-electron chi connectivity index (χ1n) is 9.24. The Bertz CT molecular complexity index is 964. The van der Waals surface area contributed by atoms with Crippen LogP contribution in [-0.4, -0.2) is 34.7 Å². The highest BCUT2D eigenvalue weighted by atomic mass is 35.5. The molecule has 1 spiro atoms. The van der Waals surface area contributed by atoms with Crippen LogP contribution < -0.4 is 10.2 Å². The van der Waals surface area contributed by atoms with E-state index in [9.17, 15) is 9.59 Å². The molecule has 28 heavy (non-hydrogen) atoms. The number of urea groups is 1. The number of fused-ring (bicyclic) bond motifs is 2. The van der Waals surface area contributed by atoms with Crippen LogP contribution in [0, 0.1) is 0 Å². The molecule has 2 aliphatic rings. The van der Waals surface area contributed by atoms with Crippen LogP contribution in [0.5, 0.6) is 0 Å². The number of halogens is 1. The third kappa shape index (κ3) is 2.86. The zero-order valence-corrected chi connectivity index (χ0v) is 17.6. The molecule has 0 radical (unpaired) electrons. The van der Waals surface area contributed by atoms with Crippen molar-refractivity contribution < 1.29 is 9.59 Å². The first-order chi connectivity index (χ1) is 13.3. The van der Waals surface area contributed by atoms with Gasteiger partial charge in [0.05, 0.1) is 5.69 Å². The van der Waals surface area contributed by atoms with Crippen LogP contribution in [0.25, 0.3) is 0 Å². The molecule has 2 aromatic rings. The minimum absolute atomic E-state index is 0.0620. The molecule has 1 N–H and O–H groups in total. The molecule has 0 aromatic heterocycles. The Labute approximate surface area is 174 Å². The Balaban J connectivity index is 1.78. The van der Waals surface area contributed by atoms with Gasteiger partial charge in [0.25, 0.3) is 5.91 Å². The predicted molar refractivity (Wildman–Crippen MR) is 115 cm³/mol. The van der Waals surface area contributed by atoms with E-state index in [2.05, 4.69) is 19.2 Å². The quantitative estimate of drug-likeness (QED) is 0.757. The summed E-state index contributed by atoms with van der Waals surface area (Å²) >= 11 is 7.60. The van der Waals surface area contributed by atoms with Gasteiger partial charge in [-0.2, -0.15) is 0 Å². The molecule has 7 heteroatoms. The third-order valence-corrected chi connectivity index (χ3v) is 6.90. The summed E-state index contributed by atoms with van der Waals surface area (Å²) < 4.78 is -0.266. The predicted octanol–water partition coefficient (Wildman–Crippen LogP) is 4.92. The van der Waals surface area contributed by atoms with Crippen LogP contribution >= 0.6 is 23.4 Å². The molecule has 1 saturated heterocycles. The molecule has 1 fully saturated rings. The number of hydrogen-bond donors (Lipinski definition) is 1. The van der Waals surface area contributed by atoms with Crippen molar-refractivity contribution in [2.75, 3.05) is 23.3 Å². The Kier molecular flexibility index (Phi) is 4.59. The van der Waals surface area contributed by atoms with Gasteiger partial charge in [0.2, 0.25) is 0 Å². The number of anilines is 2. The number of carbonyl (C=O) groups excluding carboxylic acids is 2. The van der Waals surface area contributed by atoms with Crippen molar-refractivity contribution in [1.82, 2.24) is 4.90 Å². The number of nitrogens with one attached hydrogen (secondary N) is 1. The largest absolute Gasteiger partial charge is 0.323 e. The molecule has 1 atom stereocenters. The Morgan fingerprint density at radius 1 is 1.21 bits per heavy atom. The maximum absolute atomic E-state index is 13.6. The standard InChI is InChI=1S/C21H22ClN3O2S/c1-4-24-17-11-6-5-10-16(17)21(18(24)26)25(13-20(2,3)28-21)19(27)23-15-9-7-8-14(22)12-15/h5-12H,4,13H2,1-3H3,(H,23,27). The molecule has 4 rings (SSSR count). The number of amides is 3. The van der Waals surface area contributed by atoms with Crippen molar-refractivity contribution in [2.24, 2.45) is 0 Å². The van der Waals surface area contributed by atoms with Crippen LogP contribution in [0.15, 0.2) is 48.5 Å². The highest BCUT2D eigenvalue weighted by Crippen LogP contribution is 2.59. The molecule has 2 heterocycles. The van der Waals surface area contributed by atoms with E-state index >= 15 is 0 Å². The van der Waals surface area contributed by atoms with Crippen molar-refractivity contribution >= 4 is 46.7 Å². The maximum Gasteiger partial charge on any atom is 0.323 e. The summed E-state index contributed by atoms with van der Waals surface area (Å²) in [5, 5.41) is 3.46. The second-order valence-corrected chi connectivity index (χ2v) is 9.94. The average molecular weight is 416 g/mol. The van der Waals surface area contributed by atoms with Crippen LogP contribution in [0.4, 0.5) is 16.2 Å². The van der Waals surface area contributed by atoms with E-state index in [0.29, 0.717) is 23.8 Å². The minimum atomic E-state index is -1.06. The fourth-order valence-electron chi connectivity index (χ4n) is 4.03. The first-order valence-corrected chi connectivity index (χ1v) is 10.4. The molecule has 2 aromatic carbocycles. The second-order valence-electron chi connectivity index (χ2n) is 7.60. The summed E-state index contributed by atoms with van der Waals surface area (Å²) in [6.07, 6.45) is 0. The summed E-state index contributed by atoms with van der Waals surface area (Å²) in [4.78, 5) is 29.3. The van der Waals surface area contributed by atoms with Crippen molar-refractivity contribution in [1.29, 1.82) is 0 Å². The molecule has 2 aliphatic heterocycles. The number of benzene rings is 2. The number of hydrogen-bond acceptors (Lipinski definition) is 3. The smallest absolute Gasteiger partial charge is 0.309 e.